The van der Waals surface area contributed by atoms with Crippen molar-refractivity contribution in [2.24, 2.45) is 0 Å². The Morgan fingerprint density at radius 2 is 2.06 bits per heavy atom. The van der Waals surface area contributed by atoms with E-state index in [2.05, 4.69) is 10.6 Å². The maximum Gasteiger partial charge on any atom is 0.319 e. The van der Waals surface area contributed by atoms with Crippen LogP contribution in [0.4, 0.5) is 14.9 Å². The fourth-order valence-electron chi connectivity index (χ4n) is 1.10. The Morgan fingerprint density at radius 3 is 2.62 bits per heavy atom. The molecule has 0 radical (unpaired) electrons. The average Bonchev–Trinajstić information content (AvgIpc) is 2.21. The third-order valence-corrected chi connectivity index (χ3v) is 1.95. The molecule has 0 aliphatic rings. The van der Waals surface area contributed by atoms with Crippen LogP contribution in [0.25, 0.3) is 0 Å². The van der Waals surface area contributed by atoms with Gasteiger partial charge in [0.15, 0.2) is 0 Å². The molecular formula is C11H15FN2O2. The highest BCUT2D eigenvalue weighted by atomic mass is 19.1. The van der Waals surface area contributed by atoms with Crippen molar-refractivity contribution in [2.75, 3.05) is 11.9 Å². The summed E-state index contributed by atoms with van der Waals surface area (Å²) in [6.07, 6.45) is 0.0581. The number of carbonyl (C=O) groups excluding carboxylic acids is 1. The summed E-state index contributed by atoms with van der Waals surface area (Å²) >= 11 is 0. The SMILES string of the molecule is C[C@@H](O)CCNC(=O)Nc1ccc(F)cc1. The van der Waals surface area contributed by atoms with Gasteiger partial charge in [0.05, 0.1) is 6.10 Å². The van der Waals surface area contributed by atoms with Crippen molar-refractivity contribution >= 4 is 11.7 Å². The Balaban J connectivity index is 2.31. The molecule has 88 valence electrons. The van der Waals surface area contributed by atoms with E-state index in [1.165, 1.54) is 24.3 Å². The van der Waals surface area contributed by atoms with Gasteiger partial charge in [0, 0.05) is 12.2 Å². The first-order valence-electron chi connectivity index (χ1n) is 5.06. The summed E-state index contributed by atoms with van der Waals surface area (Å²) < 4.78 is 12.6. The molecule has 0 fully saturated rings. The van der Waals surface area contributed by atoms with Gasteiger partial charge in [-0.15, -0.1) is 0 Å². The van der Waals surface area contributed by atoms with Gasteiger partial charge in [-0.1, -0.05) is 0 Å². The van der Waals surface area contributed by atoms with Crippen molar-refractivity contribution in [2.45, 2.75) is 19.4 Å². The maximum absolute atomic E-state index is 12.6. The number of anilines is 1. The van der Waals surface area contributed by atoms with Gasteiger partial charge in [0.2, 0.25) is 0 Å². The molecule has 4 nitrogen and oxygen atoms in total. The lowest BCUT2D eigenvalue weighted by molar-refractivity contribution is 0.184. The van der Waals surface area contributed by atoms with Crippen molar-refractivity contribution in [3.8, 4) is 0 Å². The third-order valence-electron chi connectivity index (χ3n) is 1.95. The van der Waals surface area contributed by atoms with E-state index in [1.54, 1.807) is 6.92 Å². The minimum Gasteiger partial charge on any atom is -0.393 e. The topological polar surface area (TPSA) is 61.4 Å². The van der Waals surface area contributed by atoms with Gasteiger partial charge in [-0.25, -0.2) is 9.18 Å². The molecule has 0 aromatic heterocycles. The zero-order valence-electron chi connectivity index (χ0n) is 9.03. The number of urea groups is 1. The standard InChI is InChI=1S/C11H15FN2O2/c1-8(15)6-7-13-11(16)14-10-4-2-9(12)3-5-10/h2-5,8,15H,6-7H2,1H3,(H2,13,14,16)/t8-/m1/s1. The molecule has 1 atom stereocenters. The van der Waals surface area contributed by atoms with Crippen LogP contribution in [0.5, 0.6) is 0 Å². The summed E-state index contributed by atoms with van der Waals surface area (Å²) in [6, 6.07) is 5.12. The Kier molecular flexibility index (Phi) is 4.72. The Labute approximate surface area is 93.5 Å². The molecular weight excluding hydrogens is 211 g/mol. The van der Waals surface area contributed by atoms with Gasteiger partial charge >= 0.3 is 6.03 Å². The summed E-state index contributed by atoms with van der Waals surface area (Å²) in [5.74, 6) is -0.347. The highest BCUT2D eigenvalue weighted by Crippen LogP contribution is 2.07. The third kappa shape index (κ3) is 4.75. The zero-order valence-corrected chi connectivity index (χ0v) is 9.03. The van der Waals surface area contributed by atoms with E-state index < -0.39 is 6.10 Å². The van der Waals surface area contributed by atoms with Crippen LogP contribution in [-0.4, -0.2) is 23.8 Å². The minimum absolute atomic E-state index is 0.347. The van der Waals surface area contributed by atoms with Gasteiger partial charge in [-0.05, 0) is 37.6 Å². The number of carbonyl (C=O) groups is 1. The molecule has 1 aromatic rings. The molecule has 3 N–H and O–H groups in total. The minimum atomic E-state index is -0.439. The molecule has 0 saturated carbocycles. The largest absolute Gasteiger partial charge is 0.393 e. The molecule has 0 aliphatic heterocycles. The van der Waals surface area contributed by atoms with E-state index in [9.17, 15) is 9.18 Å². The predicted octanol–water partition coefficient (Wildman–Crippen LogP) is 1.72. The van der Waals surface area contributed by atoms with E-state index in [1.807, 2.05) is 0 Å². The number of aliphatic hydroxyl groups excluding tert-OH is 1. The first-order valence-corrected chi connectivity index (χ1v) is 5.06. The normalized spacial score (nSPS) is 11.9. The Hall–Kier alpha value is -1.62. The number of hydrogen-bond donors (Lipinski definition) is 3. The number of nitrogens with one attached hydrogen (secondary N) is 2. The molecule has 0 spiro atoms. The van der Waals surface area contributed by atoms with E-state index >= 15 is 0 Å². The lowest BCUT2D eigenvalue weighted by atomic mass is 10.3. The maximum atomic E-state index is 12.6. The molecule has 1 rings (SSSR count). The fourth-order valence-corrected chi connectivity index (χ4v) is 1.10. The van der Waals surface area contributed by atoms with Crippen LogP contribution in [-0.2, 0) is 0 Å². The summed E-state index contributed by atoms with van der Waals surface area (Å²) in [7, 11) is 0. The van der Waals surface area contributed by atoms with Gasteiger partial charge in [-0.3, -0.25) is 0 Å². The first kappa shape index (κ1) is 12.4. The number of aliphatic hydroxyl groups is 1. The molecule has 1 aromatic carbocycles. The number of hydrogen-bond acceptors (Lipinski definition) is 2. The smallest absolute Gasteiger partial charge is 0.319 e. The monoisotopic (exact) mass is 226 g/mol. The highest BCUT2D eigenvalue weighted by molar-refractivity contribution is 5.89. The van der Waals surface area contributed by atoms with E-state index in [4.69, 9.17) is 5.11 Å². The molecule has 16 heavy (non-hydrogen) atoms. The van der Waals surface area contributed by atoms with Crippen LogP contribution in [0.3, 0.4) is 0 Å². The van der Waals surface area contributed by atoms with E-state index in [-0.39, 0.29) is 11.8 Å². The van der Waals surface area contributed by atoms with Gasteiger partial charge in [0.25, 0.3) is 0 Å². The van der Waals surface area contributed by atoms with Gasteiger partial charge in [-0.2, -0.15) is 0 Å². The first-order chi connectivity index (χ1) is 7.58. The van der Waals surface area contributed by atoms with Crippen LogP contribution < -0.4 is 10.6 Å². The molecule has 0 heterocycles. The predicted molar refractivity (Wildman–Crippen MR) is 59.7 cm³/mol. The summed E-state index contributed by atoms with van der Waals surface area (Å²) in [5.41, 5.74) is 0.524. The molecule has 0 bridgehead atoms. The van der Waals surface area contributed by atoms with Gasteiger partial charge in [0.1, 0.15) is 5.82 Å². The number of halogens is 1. The second-order valence-corrected chi connectivity index (χ2v) is 3.53. The lowest BCUT2D eigenvalue weighted by Crippen LogP contribution is -2.30. The second-order valence-electron chi connectivity index (χ2n) is 3.53. The summed E-state index contributed by atoms with van der Waals surface area (Å²) in [4.78, 5) is 11.3. The van der Waals surface area contributed by atoms with Crippen LogP contribution >= 0.6 is 0 Å². The van der Waals surface area contributed by atoms with Crippen LogP contribution in [0.1, 0.15) is 13.3 Å². The molecule has 5 heteroatoms. The van der Waals surface area contributed by atoms with Crippen LogP contribution in [0, 0.1) is 5.82 Å². The zero-order chi connectivity index (χ0) is 12.0. The van der Waals surface area contributed by atoms with Crippen molar-refractivity contribution in [1.82, 2.24) is 5.32 Å². The molecule has 0 saturated heterocycles. The van der Waals surface area contributed by atoms with E-state index in [0.717, 1.165) is 0 Å². The van der Waals surface area contributed by atoms with Crippen molar-refractivity contribution in [1.29, 1.82) is 0 Å². The highest BCUT2D eigenvalue weighted by Gasteiger charge is 2.02. The second kappa shape index (κ2) is 6.07. The van der Waals surface area contributed by atoms with Crippen LogP contribution in [0.2, 0.25) is 0 Å². The number of rotatable bonds is 4. The number of benzene rings is 1. The number of amides is 2. The van der Waals surface area contributed by atoms with Crippen molar-refractivity contribution < 1.29 is 14.3 Å². The Morgan fingerprint density at radius 1 is 1.44 bits per heavy atom. The Bertz CT molecular complexity index is 338. The van der Waals surface area contributed by atoms with Crippen molar-refractivity contribution in [3.05, 3.63) is 30.1 Å². The fraction of sp³-hybridized carbons (Fsp3) is 0.364. The summed E-state index contributed by atoms with van der Waals surface area (Å²) in [6.45, 7) is 2.05. The van der Waals surface area contributed by atoms with E-state index in [0.29, 0.717) is 18.7 Å². The van der Waals surface area contributed by atoms with Gasteiger partial charge < -0.3 is 15.7 Å². The van der Waals surface area contributed by atoms with Crippen LogP contribution in [0.15, 0.2) is 24.3 Å². The lowest BCUT2D eigenvalue weighted by Gasteiger charge is -2.08. The summed E-state index contributed by atoms with van der Waals surface area (Å²) in [5, 5.41) is 14.1. The molecule has 0 unspecified atom stereocenters. The molecule has 2 amide bonds. The molecule has 0 aliphatic carbocycles. The quantitative estimate of drug-likeness (QED) is 0.732. The average molecular weight is 226 g/mol. The van der Waals surface area contributed by atoms with Crippen molar-refractivity contribution in [3.63, 3.8) is 0 Å².